The van der Waals surface area contributed by atoms with Gasteiger partial charge in [0.05, 0.1) is 5.03 Å². The number of thioether (sulfide) groups is 1. The minimum Gasteiger partial charge on any atom is -0.409 e. The van der Waals surface area contributed by atoms with Gasteiger partial charge in [-0.2, -0.15) is 0 Å². The second-order valence-electron chi connectivity index (χ2n) is 2.69. The highest BCUT2D eigenvalue weighted by atomic mass is 32.2. The lowest BCUT2D eigenvalue weighted by molar-refractivity contribution is 0.318. The van der Waals surface area contributed by atoms with Crippen molar-refractivity contribution < 1.29 is 5.21 Å². The quantitative estimate of drug-likeness (QED) is 0.261. The van der Waals surface area contributed by atoms with Crippen LogP contribution in [0.25, 0.3) is 0 Å². The van der Waals surface area contributed by atoms with Gasteiger partial charge in [0, 0.05) is 0 Å². The third kappa shape index (κ3) is 2.92. The minimum absolute atomic E-state index is 0.0453. The van der Waals surface area contributed by atoms with Crippen LogP contribution in [0.4, 0.5) is 0 Å². The summed E-state index contributed by atoms with van der Waals surface area (Å²) in [4.78, 5) is 4.23. The maximum absolute atomic E-state index is 8.47. The zero-order chi connectivity index (χ0) is 10.4. The largest absolute Gasteiger partial charge is 0.409 e. The van der Waals surface area contributed by atoms with E-state index in [-0.39, 0.29) is 5.84 Å². The first-order valence-corrected chi connectivity index (χ1v) is 5.34. The summed E-state index contributed by atoms with van der Waals surface area (Å²) >= 11 is 1.66. The molecule has 0 amide bonds. The van der Waals surface area contributed by atoms with Crippen LogP contribution in [0.1, 0.15) is 19.0 Å². The summed E-state index contributed by atoms with van der Waals surface area (Å²) in [7, 11) is 0. The van der Waals surface area contributed by atoms with Crippen LogP contribution in [0.2, 0.25) is 0 Å². The van der Waals surface area contributed by atoms with Crippen molar-refractivity contribution in [3.63, 3.8) is 0 Å². The van der Waals surface area contributed by atoms with Gasteiger partial charge in [-0.25, -0.2) is 4.98 Å². The Labute approximate surface area is 87.2 Å². The van der Waals surface area contributed by atoms with E-state index in [0.29, 0.717) is 5.69 Å². The fourth-order valence-corrected chi connectivity index (χ4v) is 1.65. The Kier molecular flexibility index (Phi) is 4.25. The molecule has 1 rings (SSSR count). The highest BCUT2D eigenvalue weighted by Crippen LogP contribution is 2.15. The number of nitrogens with zero attached hydrogens (tertiary/aromatic N) is 2. The van der Waals surface area contributed by atoms with E-state index < -0.39 is 0 Å². The summed E-state index contributed by atoms with van der Waals surface area (Å²) in [5.41, 5.74) is 5.93. The van der Waals surface area contributed by atoms with Crippen molar-refractivity contribution in [3.05, 3.63) is 23.9 Å². The summed E-state index contributed by atoms with van der Waals surface area (Å²) in [5.74, 6) is 1.07. The smallest absolute Gasteiger partial charge is 0.188 e. The zero-order valence-electron chi connectivity index (χ0n) is 7.97. The third-order valence-corrected chi connectivity index (χ3v) is 2.68. The predicted molar refractivity (Wildman–Crippen MR) is 57.8 cm³/mol. The normalized spacial score (nSPS) is 11.6. The van der Waals surface area contributed by atoms with Crippen LogP contribution in [0.5, 0.6) is 0 Å². The van der Waals surface area contributed by atoms with E-state index >= 15 is 0 Å². The van der Waals surface area contributed by atoms with E-state index in [9.17, 15) is 0 Å². The Hall–Kier alpha value is -1.23. The minimum atomic E-state index is 0.0453. The van der Waals surface area contributed by atoms with Gasteiger partial charge in [0.1, 0.15) is 5.69 Å². The van der Waals surface area contributed by atoms with E-state index in [4.69, 9.17) is 10.9 Å². The molecule has 76 valence electrons. The molecule has 0 aliphatic carbocycles. The van der Waals surface area contributed by atoms with Crippen LogP contribution in [0, 0.1) is 0 Å². The van der Waals surface area contributed by atoms with Gasteiger partial charge in [0.25, 0.3) is 0 Å². The maximum atomic E-state index is 8.47. The number of aromatic nitrogens is 1. The summed E-state index contributed by atoms with van der Waals surface area (Å²) < 4.78 is 0. The van der Waals surface area contributed by atoms with E-state index in [0.717, 1.165) is 17.2 Å². The summed E-state index contributed by atoms with van der Waals surface area (Å²) in [6, 6.07) is 5.47. The van der Waals surface area contributed by atoms with Crippen LogP contribution in [-0.4, -0.2) is 21.8 Å². The number of rotatable bonds is 4. The molecule has 0 saturated heterocycles. The summed E-state index contributed by atoms with van der Waals surface area (Å²) in [6.07, 6.45) is 1.10. The molecule has 0 spiro atoms. The molecule has 5 heteroatoms. The Morgan fingerprint density at radius 2 is 2.43 bits per heavy atom. The molecule has 1 aromatic heterocycles. The van der Waals surface area contributed by atoms with Crippen molar-refractivity contribution in [2.45, 2.75) is 18.4 Å². The van der Waals surface area contributed by atoms with Crippen LogP contribution in [0.3, 0.4) is 0 Å². The molecule has 3 N–H and O–H groups in total. The second-order valence-corrected chi connectivity index (χ2v) is 3.81. The van der Waals surface area contributed by atoms with Gasteiger partial charge in [-0.3, -0.25) is 0 Å². The first-order valence-electron chi connectivity index (χ1n) is 4.35. The molecule has 1 aromatic rings. The van der Waals surface area contributed by atoms with E-state index in [2.05, 4.69) is 17.1 Å². The average molecular weight is 211 g/mol. The lowest BCUT2D eigenvalue weighted by Crippen LogP contribution is -2.14. The standard InChI is InChI=1S/C9H13N3OS/c1-2-6-14-8-5-3-4-7(11-8)9(10)12-13/h3-5,13H,2,6H2,1H3,(H2,10,12). The zero-order valence-corrected chi connectivity index (χ0v) is 8.79. The van der Waals surface area contributed by atoms with Gasteiger partial charge in [0.2, 0.25) is 0 Å². The molecule has 0 aliphatic heterocycles. The molecule has 14 heavy (non-hydrogen) atoms. The van der Waals surface area contributed by atoms with Gasteiger partial charge in [-0.1, -0.05) is 18.1 Å². The van der Waals surface area contributed by atoms with E-state index in [1.165, 1.54) is 0 Å². The molecule has 0 fully saturated rings. The highest BCUT2D eigenvalue weighted by Gasteiger charge is 2.01. The monoisotopic (exact) mass is 211 g/mol. The van der Waals surface area contributed by atoms with Crippen molar-refractivity contribution >= 4 is 17.6 Å². The fourth-order valence-electron chi connectivity index (χ4n) is 0.896. The van der Waals surface area contributed by atoms with Crippen molar-refractivity contribution in [2.75, 3.05) is 5.75 Å². The Balaban J connectivity index is 2.79. The molecule has 0 unspecified atom stereocenters. The Bertz CT molecular complexity index is 328. The van der Waals surface area contributed by atoms with Gasteiger partial charge in [0.15, 0.2) is 5.84 Å². The topological polar surface area (TPSA) is 71.5 Å². The van der Waals surface area contributed by atoms with Crippen molar-refractivity contribution in [1.82, 2.24) is 4.98 Å². The molecule has 0 atom stereocenters. The SMILES string of the molecule is CCCSc1cccc(C(N)=NO)n1. The molecule has 0 aliphatic rings. The van der Waals surface area contributed by atoms with Gasteiger partial charge in [-0.05, 0) is 24.3 Å². The Morgan fingerprint density at radius 3 is 3.07 bits per heavy atom. The van der Waals surface area contributed by atoms with Crippen molar-refractivity contribution in [3.8, 4) is 0 Å². The first kappa shape index (κ1) is 10.8. The van der Waals surface area contributed by atoms with E-state index in [1.807, 2.05) is 12.1 Å². The molecular weight excluding hydrogens is 198 g/mol. The summed E-state index contributed by atoms with van der Waals surface area (Å²) in [5, 5.41) is 12.3. The molecule has 0 bridgehead atoms. The van der Waals surface area contributed by atoms with Gasteiger partial charge < -0.3 is 10.9 Å². The third-order valence-electron chi connectivity index (χ3n) is 1.55. The summed E-state index contributed by atoms with van der Waals surface area (Å²) in [6.45, 7) is 2.11. The number of hydrogen-bond acceptors (Lipinski definition) is 4. The van der Waals surface area contributed by atoms with Crippen LogP contribution < -0.4 is 5.73 Å². The lowest BCUT2D eigenvalue weighted by Gasteiger charge is -2.01. The van der Waals surface area contributed by atoms with Crippen LogP contribution in [-0.2, 0) is 0 Å². The molecule has 4 nitrogen and oxygen atoms in total. The fraction of sp³-hybridized carbons (Fsp3) is 0.333. The number of amidine groups is 1. The van der Waals surface area contributed by atoms with Gasteiger partial charge >= 0.3 is 0 Å². The highest BCUT2D eigenvalue weighted by molar-refractivity contribution is 7.99. The Morgan fingerprint density at radius 1 is 1.64 bits per heavy atom. The number of nitrogens with two attached hydrogens (primary N) is 1. The lowest BCUT2D eigenvalue weighted by atomic mass is 10.3. The molecule has 0 aromatic carbocycles. The molecule has 0 radical (unpaired) electrons. The second kappa shape index (κ2) is 5.49. The van der Waals surface area contributed by atoms with Gasteiger partial charge in [-0.15, -0.1) is 11.8 Å². The van der Waals surface area contributed by atoms with Crippen molar-refractivity contribution in [1.29, 1.82) is 0 Å². The maximum Gasteiger partial charge on any atom is 0.188 e. The molecule has 1 heterocycles. The average Bonchev–Trinajstić information content (AvgIpc) is 2.25. The van der Waals surface area contributed by atoms with E-state index in [1.54, 1.807) is 17.8 Å². The van der Waals surface area contributed by atoms with Crippen molar-refractivity contribution in [2.24, 2.45) is 10.9 Å². The predicted octanol–water partition coefficient (Wildman–Crippen LogP) is 1.68. The molecule has 0 saturated carbocycles. The number of pyridine rings is 1. The van der Waals surface area contributed by atoms with Crippen LogP contribution in [0.15, 0.2) is 28.4 Å². The first-order chi connectivity index (χ1) is 6.77. The number of oxime groups is 1. The number of hydrogen-bond donors (Lipinski definition) is 2. The molecular formula is C9H13N3OS. The van der Waals surface area contributed by atoms with Crippen LogP contribution >= 0.6 is 11.8 Å².